The van der Waals surface area contributed by atoms with Gasteiger partial charge in [0.05, 0.1) is 5.69 Å². The Morgan fingerprint density at radius 1 is 1.17 bits per heavy atom. The molecule has 1 aromatic carbocycles. The minimum Gasteiger partial charge on any atom is -0.444 e. The summed E-state index contributed by atoms with van der Waals surface area (Å²) in [5.74, 6) is 0.732. The number of hydrogen-bond donors (Lipinski definition) is 1. The van der Waals surface area contributed by atoms with Crippen LogP contribution in [0.5, 0.6) is 0 Å². The summed E-state index contributed by atoms with van der Waals surface area (Å²) >= 11 is 0. The molecule has 1 N–H and O–H groups in total. The number of oxazole rings is 1. The zero-order valence-corrected chi connectivity index (χ0v) is 13.8. The fourth-order valence-electron chi connectivity index (χ4n) is 3.97. The Bertz CT molecular complexity index is 656. The molecule has 2 fully saturated rings. The largest absolute Gasteiger partial charge is 0.444 e. The van der Waals surface area contributed by atoms with Gasteiger partial charge in [0.15, 0.2) is 0 Å². The first-order valence-electron chi connectivity index (χ1n) is 8.67. The smallest absolute Gasteiger partial charge is 0.226 e. The van der Waals surface area contributed by atoms with Gasteiger partial charge in [-0.2, -0.15) is 0 Å². The Balaban J connectivity index is 1.41. The quantitative estimate of drug-likeness (QED) is 0.945. The summed E-state index contributed by atoms with van der Waals surface area (Å²) in [6.45, 7) is 7.75. The molecule has 0 radical (unpaired) electrons. The molecular weight excluding hydrogens is 286 g/mol. The number of nitrogens with zero attached hydrogens (tertiary/aromatic N) is 2. The molecule has 2 aromatic rings. The van der Waals surface area contributed by atoms with Gasteiger partial charge >= 0.3 is 0 Å². The van der Waals surface area contributed by atoms with E-state index in [1.54, 1.807) is 0 Å². The molecule has 0 atom stereocenters. The predicted octanol–water partition coefficient (Wildman–Crippen LogP) is 3.23. The maximum atomic E-state index is 5.69. The van der Waals surface area contributed by atoms with Crippen LogP contribution in [0, 0.1) is 12.3 Å². The van der Waals surface area contributed by atoms with Gasteiger partial charge in [0.2, 0.25) is 5.89 Å². The molecular formula is C19H25N3O. The second-order valence-corrected chi connectivity index (χ2v) is 7.22. The van der Waals surface area contributed by atoms with E-state index >= 15 is 0 Å². The Labute approximate surface area is 137 Å². The second kappa shape index (κ2) is 6.10. The van der Waals surface area contributed by atoms with E-state index < -0.39 is 0 Å². The number of nitrogens with one attached hydrogen (secondary N) is 1. The molecule has 0 amide bonds. The lowest BCUT2D eigenvalue weighted by atomic mass is 9.78. The molecule has 0 aliphatic carbocycles. The number of piperidine rings is 1. The van der Waals surface area contributed by atoms with Crippen LogP contribution >= 0.6 is 0 Å². The van der Waals surface area contributed by atoms with Gasteiger partial charge in [-0.15, -0.1) is 0 Å². The van der Waals surface area contributed by atoms with E-state index in [0.717, 1.165) is 23.7 Å². The molecule has 3 heterocycles. The number of benzene rings is 1. The highest BCUT2D eigenvalue weighted by Crippen LogP contribution is 2.39. The normalized spacial score (nSPS) is 21.1. The van der Waals surface area contributed by atoms with Gasteiger partial charge in [0, 0.05) is 18.7 Å². The summed E-state index contributed by atoms with van der Waals surface area (Å²) < 4.78 is 5.69. The summed E-state index contributed by atoms with van der Waals surface area (Å²) in [5.41, 5.74) is 3.91. The van der Waals surface area contributed by atoms with Crippen LogP contribution in [-0.4, -0.2) is 36.1 Å². The summed E-state index contributed by atoms with van der Waals surface area (Å²) in [7, 11) is 0. The Morgan fingerprint density at radius 2 is 1.96 bits per heavy atom. The standard InChI is InChI=1S/C19H25N3O/c1-15-2-4-16(5-3-15)18-21-17(13-23-18)12-22-11-8-19(14-22)6-9-20-10-7-19/h2-5,13,20H,6-12,14H2,1H3. The van der Waals surface area contributed by atoms with Crippen LogP contribution in [0.4, 0.5) is 0 Å². The minimum absolute atomic E-state index is 0.550. The van der Waals surface area contributed by atoms with Gasteiger partial charge in [-0.05, 0) is 63.4 Å². The first-order valence-corrected chi connectivity index (χ1v) is 8.67. The zero-order valence-electron chi connectivity index (χ0n) is 13.8. The molecule has 1 aromatic heterocycles. The van der Waals surface area contributed by atoms with Crippen molar-refractivity contribution in [3.63, 3.8) is 0 Å². The van der Waals surface area contributed by atoms with Gasteiger partial charge in [0.1, 0.15) is 6.26 Å². The van der Waals surface area contributed by atoms with Crippen LogP contribution in [0.3, 0.4) is 0 Å². The van der Waals surface area contributed by atoms with Crippen LogP contribution in [0.1, 0.15) is 30.5 Å². The van der Waals surface area contributed by atoms with Crippen LogP contribution in [0.2, 0.25) is 0 Å². The Kier molecular flexibility index (Phi) is 3.95. The van der Waals surface area contributed by atoms with Crippen molar-refractivity contribution in [3.8, 4) is 11.5 Å². The van der Waals surface area contributed by atoms with Gasteiger partial charge in [0.25, 0.3) is 0 Å². The number of likely N-dealkylation sites (tertiary alicyclic amines) is 1. The lowest BCUT2D eigenvalue weighted by molar-refractivity contribution is 0.193. The van der Waals surface area contributed by atoms with Crippen LogP contribution in [0.25, 0.3) is 11.5 Å². The number of rotatable bonds is 3. The SMILES string of the molecule is Cc1ccc(-c2nc(CN3CCC4(CCNCC4)C3)co2)cc1. The minimum atomic E-state index is 0.550. The van der Waals surface area contributed by atoms with Crippen molar-refractivity contribution in [1.29, 1.82) is 0 Å². The van der Waals surface area contributed by atoms with E-state index in [-0.39, 0.29) is 0 Å². The molecule has 4 heteroatoms. The molecule has 2 aliphatic rings. The average Bonchev–Trinajstić information content (AvgIpc) is 3.17. The molecule has 4 nitrogen and oxygen atoms in total. The van der Waals surface area contributed by atoms with Crippen LogP contribution < -0.4 is 5.32 Å². The van der Waals surface area contributed by atoms with Crippen molar-refractivity contribution in [1.82, 2.24) is 15.2 Å². The van der Waals surface area contributed by atoms with Crippen molar-refractivity contribution in [2.45, 2.75) is 32.7 Å². The third kappa shape index (κ3) is 3.19. The maximum Gasteiger partial charge on any atom is 0.226 e. The number of aryl methyl sites for hydroxylation is 1. The van der Waals surface area contributed by atoms with Crippen molar-refractivity contribution in [2.24, 2.45) is 5.41 Å². The van der Waals surface area contributed by atoms with Gasteiger partial charge < -0.3 is 9.73 Å². The topological polar surface area (TPSA) is 41.3 Å². The van der Waals surface area contributed by atoms with E-state index in [4.69, 9.17) is 4.42 Å². The molecule has 2 aliphatic heterocycles. The molecule has 0 saturated carbocycles. The number of hydrogen-bond acceptors (Lipinski definition) is 4. The van der Waals surface area contributed by atoms with Gasteiger partial charge in [-0.25, -0.2) is 4.98 Å². The van der Waals surface area contributed by atoms with Crippen molar-refractivity contribution in [3.05, 3.63) is 41.8 Å². The number of aromatic nitrogens is 1. The second-order valence-electron chi connectivity index (χ2n) is 7.22. The molecule has 0 bridgehead atoms. The van der Waals surface area contributed by atoms with E-state index in [9.17, 15) is 0 Å². The predicted molar refractivity (Wildman–Crippen MR) is 91.1 cm³/mol. The van der Waals surface area contributed by atoms with Crippen molar-refractivity contribution < 1.29 is 4.42 Å². The van der Waals surface area contributed by atoms with E-state index in [1.807, 2.05) is 6.26 Å². The van der Waals surface area contributed by atoms with Crippen LogP contribution in [0.15, 0.2) is 34.9 Å². The highest BCUT2D eigenvalue weighted by Gasteiger charge is 2.38. The highest BCUT2D eigenvalue weighted by molar-refractivity contribution is 5.53. The molecule has 2 saturated heterocycles. The molecule has 1 spiro atoms. The molecule has 0 unspecified atom stereocenters. The molecule has 122 valence electrons. The first-order chi connectivity index (χ1) is 11.2. The first kappa shape index (κ1) is 14.9. The van der Waals surface area contributed by atoms with Crippen LogP contribution in [-0.2, 0) is 6.54 Å². The summed E-state index contributed by atoms with van der Waals surface area (Å²) in [5, 5.41) is 3.48. The van der Waals surface area contributed by atoms with Gasteiger partial charge in [-0.1, -0.05) is 17.7 Å². The third-order valence-corrected chi connectivity index (χ3v) is 5.42. The highest BCUT2D eigenvalue weighted by atomic mass is 16.3. The summed E-state index contributed by atoms with van der Waals surface area (Å²) in [6.07, 6.45) is 5.79. The fraction of sp³-hybridized carbons (Fsp3) is 0.526. The lowest BCUT2D eigenvalue weighted by Gasteiger charge is -2.33. The molecule has 23 heavy (non-hydrogen) atoms. The third-order valence-electron chi connectivity index (χ3n) is 5.42. The van der Waals surface area contributed by atoms with E-state index in [0.29, 0.717) is 5.41 Å². The Morgan fingerprint density at radius 3 is 2.74 bits per heavy atom. The molecule has 4 rings (SSSR count). The summed E-state index contributed by atoms with van der Waals surface area (Å²) in [6, 6.07) is 8.34. The maximum absolute atomic E-state index is 5.69. The average molecular weight is 311 g/mol. The van der Waals surface area contributed by atoms with Crippen molar-refractivity contribution in [2.75, 3.05) is 26.2 Å². The zero-order chi connectivity index (χ0) is 15.7. The monoisotopic (exact) mass is 311 g/mol. The van der Waals surface area contributed by atoms with E-state index in [1.165, 1.54) is 51.0 Å². The van der Waals surface area contributed by atoms with Crippen molar-refractivity contribution >= 4 is 0 Å². The Hall–Kier alpha value is -1.65. The van der Waals surface area contributed by atoms with E-state index in [2.05, 4.69) is 46.4 Å². The fourth-order valence-corrected chi connectivity index (χ4v) is 3.97. The van der Waals surface area contributed by atoms with Gasteiger partial charge in [-0.3, -0.25) is 4.90 Å². The summed E-state index contributed by atoms with van der Waals surface area (Å²) in [4.78, 5) is 7.23. The lowest BCUT2D eigenvalue weighted by Crippen LogP contribution is -2.38.